The highest BCUT2D eigenvalue weighted by molar-refractivity contribution is 8.01. The zero-order chi connectivity index (χ0) is 12.3. The molecule has 1 aliphatic carbocycles. The Labute approximate surface area is 110 Å². The molecule has 2 N–H and O–H groups in total. The van der Waals surface area contributed by atoms with E-state index in [2.05, 4.69) is 29.4 Å². The number of aromatic nitrogens is 2. The van der Waals surface area contributed by atoms with Crippen LogP contribution in [0.2, 0.25) is 0 Å². The molecule has 1 aromatic heterocycles. The molecule has 0 aromatic carbocycles. The van der Waals surface area contributed by atoms with Crippen LogP contribution in [0.4, 0.5) is 0 Å². The molecule has 1 saturated carbocycles. The minimum absolute atomic E-state index is 0.168. The Morgan fingerprint density at radius 3 is 3.00 bits per heavy atom. The van der Waals surface area contributed by atoms with E-state index in [4.69, 9.17) is 0 Å². The molecule has 1 fully saturated rings. The third-order valence-electron chi connectivity index (χ3n) is 2.86. The SMILES string of the molecule is CC(CC(C)(CO)NC1CC1)Sc1nncs1. The van der Waals surface area contributed by atoms with Gasteiger partial charge in [-0.2, -0.15) is 0 Å². The highest BCUT2D eigenvalue weighted by Crippen LogP contribution is 2.31. The standard InChI is InChI=1S/C11H19N3OS2/c1-8(17-10-14-12-7-16-10)5-11(2,6-15)13-9-3-4-9/h7-9,13,15H,3-6H2,1-2H3. The van der Waals surface area contributed by atoms with Crippen LogP contribution in [0, 0.1) is 0 Å². The normalized spacial score (nSPS) is 21.1. The first-order valence-corrected chi connectivity index (χ1v) is 7.68. The van der Waals surface area contributed by atoms with Gasteiger partial charge in [-0.3, -0.25) is 0 Å². The molecule has 0 amide bonds. The van der Waals surface area contributed by atoms with Gasteiger partial charge in [-0.15, -0.1) is 10.2 Å². The molecule has 1 aliphatic rings. The van der Waals surface area contributed by atoms with Crippen LogP contribution >= 0.6 is 23.1 Å². The van der Waals surface area contributed by atoms with Gasteiger partial charge < -0.3 is 10.4 Å². The summed E-state index contributed by atoms with van der Waals surface area (Å²) in [5, 5.41) is 21.4. The lowest BCUT2D eigenvalue weighted by Crippen LogP contribution is -2.48. The van der Waals surface area contributed by atoms with Crippen LogP contribution in [0.15, 0.2) is 9.85 Å². The lowest BCUT2D eigenvalue weighted by Gasteiger charge is -2.31. The van der Waals surface area contributed by atoms with Crippen LogP contribution in [-0.2, 0) is 0 Å². The maximum atomic E-state index is 9.54. The third kappa shape index (κ3) is 4.21. The summed E-state index contributed by atoms with van der Waals surface area (Å²) in [7, 11) is 0. The Hall–Kier alpha value is -0.170. The number of aliphatic hydroxyl groups excluding tert-OH is 1. The molecular formula is C11H19N3OS2. The summed E-state index contributed by atoms with van der Waals surface area (Å²) in [5.41, 5.74) is 1.58. The molecule has 0 saturated heterocycles. The van der Waals surface area contributed by atoms with E-state index in [0.717, 1.165) is 10.8 Å². The van der Waals surface area contributed by atoms with E-state index in [1.807, 2.05) is 0 Å². The monoisotopic (exact) mass is 273 g/mol. The minimum Gasteiger partial charge on any atom is -0.394 e. The number of hydrogen-bond acceptors (Lipinski definition) is 6. The van der Waals surface area contributed by atoms with Crippen LogP contribution in [0.1, 0.15) is 33.1 Å². The van der Waals surface area contributed by atoms with Gasteiger partial charge in [-0.05, 0) is 26.2 Å². The van der Waals surface area contributed by atoms with Gasteiger partial charge in [0.15, 0.2) is 4.34 Å². The van der Waals surface area contributed by atoms with Gasteiger partial charge in [0.25, 0.3) is 0 Å². The Morgan fingerprint density at radius 2 is 2.47 bits per heavy atom. The van der Waals surface area contributed by atoms with E-state index in [9.17, 15) is 5.11 Å². The fraction of sp³-hybridized carbons (Fsp3) is 0.818. The van der Waals surface area contributed by atoms with E-state index in [-0.39, 0.29) is 12.1 Å². The van der Waals surface area contributed by atoms with E-state index in [0.29, 0.717) is 11.3 Å². The van der Waals surface area contributed by atoms with Crippen molar-refractivity contribution in [1.29, 1.82) is 0 Å². The maximum absolute atomic E-state index is 9.54. The van der Waals surface area contributed by atoms with Crippen molar-refractivity contribution >= 4 is 23.1 Å². The zero-order valence-electron chi connectivity index (χ0n) is 10.2. The summed E-state index contributed by atoms with van der Waals surface area (Å²) in [4.78, 5) is 0. The van der Waals surface area contributed by atoms with Crippen molar-refractivity contribution in [2.45, 2.75) is 54.3 Å². The van der Waals surface area contributed by atoms with E-state index < -0.39 is 0 Å². The molecule has 0 bridgehead atoms. The van der Waals surface area contributed by atoms with Gasteiger partial charge in [-0.25, -0.2) is 0 Å². The van der Waals surface area contributed by atoms with E-state index in [1.54, 1.807) is 28.6 Å². The number of aliphatic hydroxyl groups is 1. The van der Waals surface area contributed by atoms with Gasteiger partial charge in [-0.1, -0.05) is 30.0 Å². The van der Waals surface area contributed by atoms with Crippen LogP contribution < -0.4 is 5.32 Å². The maximum Gasteiger partial charge on any atom is 0.174 e. The van der Waals surface area contributed by atoms with Crippen molar-refractivity contribution in [1.82, 2.24) is 15.5 Å². The first-order chi connectivity index (χ1) is 8.11. The molecule has 6 heteroatoms. The predicted molar refractivity (Wildman–Crippen MR) is 71.5 cm³/mol. The summed E-state index contributed by atoms with van der Waals surface area (Å²) >= 11 is 3.30. The Morgan fingerprint density at radius 1 is 1.71 bits per heavy atom. The second-order valence-corrected chi connectivity index (χ2v) is 7.49. The van der Waals surface area contributed by atoms with Crippen molar-refractivity contribution < 1.29 is 5.11 Å². The molecule has 4 nitrogen and oxygen atoms in total. The fourth-order valence-electron chi connectivity index (χ4n) is 1.95. The summed E-state index contributed by atoms with van der Waals surface area (Å²) in [5.74, 6) is 0. The van der Waals surface area contributed by atoms with Gasteiger partial charge in [0.1, 0.15) is 5.51 Å². The smallest absolute Gasteiger partial charge is 0.174 e. The Balaban J connectivity index is 1.84. The molecule has 1 aromatic rings. The molecule has 2 unspecified atom stereocenters. The summed E-state index contributed by atoms with van der Waals surface area (Å²) in [6, 6.07) is 0.617. The molecule has 2 rings (SSSR count). The van der Waals surface area contributed by atoms with Gasteiger partial charge in [0.2, 0.25) is 0 Å². The van der Waals surface area contributed by atoms with Crippen LogP contribution in [0.5, 0.6) is 0 Å². The van der Waals surface area contributed by atoms with Gasteiger partial charge in [0.05, 0.1) is 6.61 Å². The first-order valence-electron chi connectivity index (χ1n) is 5.93. The lowest BCUT2D eigenvalue weighted by molar-refractivity contribution is 0.164. The highest BCUT2D eigenvalue weighted by Gasteiger charge is 2.33. The Bertz CT molecular complexity index is 342. The average Bonchev–Trinajstić information content (AvgIpc) is 2.92. The van der Waals surface area contributed by atoms with Gasteiger partial charge >= 0.3 is 0 Å². The number of nitrogens with one attached hydrogen (secondary N) is 1. The number of hydrogen-bond donors (Lipinski definition) is 2. The van der Waals surface area contributed by atoms with Crippen molar-refractivity contribution in [3.8, 4) is 0 Å². The number of rotatable bonds is 7. The van der Waals surface area contributed by atoms with Crippen molar-refractivity contribution in [3.05, 3.63) is 5.51 Å². The second kappa shape index (κ2) is 5.65. The molecule has 0 spiro atoms. The number of nitrogens with zero attached hydrogens (tertiary/aromatic N) is 2. The minimum atomic E-state index is -0.168. The quantitative estimate of drug-likeness (QED) is 0.743. The predicted octanol–water partition coefficient (Wildman–Crippen LogP) is 1.91. The molecular weight excluding hydrogens is 254 g/mol. The molecule has 0 aliphatic heterocycles. The first kappa shape index (κ1) is 13.3. The third-order valence-corrected chi connectivity index (χ3v) is 4.77. The van der Waals surface area contributed by atoms with Crippen molar-refractivity contribution in [2.75, 3.05) is 6.61 Å². The van der Waals surface area contributed by atoms with E-state index in [1.165, 1.54) is 12.8 Å². The molecule has 96 valence electrons. The highest BCUT2D eigenvalue weighted by atomic mass is 32.2. The second-order valence-electron chi connectivity index (χ2n) is 4.97. The summed E-state index contributed by atoms with van der Waals surface area (Å²) in [6.45, 7) is 4.46. The largest absolute Gasteiger partial charge is 0.394 e. The molecule has 0 radical (unpaired) electrons. The van der Waals surface area contributed by atoms with Crippen LogP contribution in [0.25, 0.3) is 0 Å². The topological polar surface area (TPSA) is 58.0 Å². The Kier molecular flexibility index (Phi) is 4.41. The summed E-state index contributed by atoms with van der Waals surface area (Å²) in [6.07, 6.45) is 3.42. The van der Waals surface area contributed by atoms with E-state index >= 15 is 0 Å². The van der Waals surface area contributed by atoms with Crippen LogP contribution in [-0.4, -0.2) is 38.7 Å². The number of thioether (sulfide) groups is 1. The van der Waals surface area contributed by atoms with Gasteiger partial charge in [0, 0.05) is 16.8 Å². The van der Waals surface area contributed by atoms with Crippen molar-refractivity contribution in [2.24, 2.45) is 0 Å². The lowest BCUT2D eigenvalue weighted by atomic mass is 9.97. The fourth-order valence-corrected chi connectivity index (χ4v) is 3.96. The molecule has 2 atom stereocenters. The van der Waals surface area contributed by atoms with Crippen LogP contribution in [0.3, 0.4) is 0 Å². The summed E-state index contributed by atoms with van der Waals surface area (Å²) < 4.78 is 1.00. The average molecular weight is 273 g/mol. The zero-order valence-corrected chi connectivity index (χ0v) is 11.9. The molecule has 1 heterocycles. The van der Waals surface area contributed by atoms with Crippen molar-refractivity contribution in [3.63, 3.8) is 0 Å². The molecule has 17 heavy (non-hydrogen) atoms.